The molecule has 0 bridgehead atoms. The largest absolute Gasteiger partial charge is 0.497 e. The maximum atomic E-state index is 12.2. The minimum atomic E-state index is -0.704. The summed E-state index contributed by atoms with van der Waals surface area (Å²) in [5.41, 5.74) is 2.15. The van der Waals surface area contributed by atoms with Crippen LogP contribution >= 0.6 is 0 Å². The van der Waals surface area contributed by atoms with Gasteiger partial charge in [-0.25, -0.2) is 0 Å². The van der Waals surface area contributed by atoms with E-state index in [4.69, 9.17) is 4.74 Å². The molecular weight excluding hydrogens is 370 g/mol. The first-order valence-corrected chi connectivity index (χ1v) is 9.14. The Bertz CT molecular complexity index is 891. The minimum Gasteiger partial charge on any atom is -0.497 e. The normalized spacial score (nSPS) is 11.6. The predicted molar refractivity (Wildman–Crippen MR) is 111 cm³/mol. The second-order valence-electron chi connectivity index (χ2n) is 6.33. The van der Waals surface area contributed by atoms with Gasteiger partial charge in [-0.2, -0.15) is 0 Å². The Morgan fingerprint density at radius 1 is 1.10 bits per heavy atom. The highest BCUT2D eigenvalue weighted by atomic mass is 16.5. The Labute approximate surface area is 170 Å². The van der Waals surface area contributed by atoms with Crippen LogP contribution in [0.2, 0.25) is 0 Å². The molecule has 7 heteroatoms. The summed E-state index contributed by atoms with van der Waals surface area (Å²) in [6.45, 7) is 1.86. The number of ether oxygens (including phenoxy) is 1. The average Bonchev–Trinajstić information content (AvgIpc) is 2.75. The first kappa shape index (κ1) is 21.7. The standard InChI is InChI=1S/C22H25N3O4/c1-15(25-20(26)12-9-16-7-10-19(29-3)11-8-16)21(27)24-14-17-5-4-6-18(13-17)22(28)23-2/h4-13,15H,14H2,1-3H3,(H,23,28)(H,24,27)(H,25,26)/b12-9+. The lowest BCUT2D eigenvalue weighted by atomic mass is 10.1. The molecule has 2 aromatic carbocycles. The zero-order chi connectivity index (χ0) is 21.2. The zero-order valence-corrected chi connectivity index (χ0v) is 16.7. The van der Waals surface area contributed by atoms with E-state index in [1.165, 1.54) is 6.08 Å². The summed E-state index contributed by atoms with van der Waals surface area (Å²) in [5, 5.41) is 7.93. The molecule has 0 aliphatic rings. The van der Waals surface area contributed by atoms with Crippen LogP contribution in [-0.4, -0.2) is 37.9 Å². The first-order valence-electron chi connectivity index (χ1n) is 9.14. The number of hydrogen-bond acceptors (Lipinski definition) is 4. The van der Waals surface area contributed by atoms with Crippen LogP contribution in [0.25, 0.3) is 6.08 Å². The smallest absolute Gasteiger partial charge is 0.251 e. The molecule has 1 atom stereocenters. The second kappa shape index (κ2) is 10.7. The summed E-state index contributed by atoms with van der Waals surface area (Å²) < 4.78 is 5.08. The van der Waals surface area contributed by atoms with Gasteiger partial charge < -0.3 is 20.7 Å². The molecule has 0 heterocycles. The summed E-state index contributed by atoms with van der Waals surface area (Å²) in [5.74, 6) is -0.146. The van der Waals surface area contributed by atoms with Gasteiger partial charge in [0.1, 0.15) is 11.8 Å². The van der Waals surface area contributed by atoms with Gasteiger partial charge in [0, 0.05) is 25.2 Å². The van der Waals surface area contributed by atoms with Gasteiger partial charge >= 0.3 is 0 Å². The van der Waals surface area contributed by atoms with Gasteiger partial charge in [-0.05, 0) is 48.4 Å². The molecule has 0 aliphatic carbocycles. The molecule has 3 amide bonds. The number of amides is 3. The molecular formula is C22H25N3O4. The topological polar surface area (TPSA) is 96.5 Å². The molecule has 29 heavy (non-hydrogen) atoms. The SMILES string of the molecule is CNC(=O)c1cccc(CNC(=O)C(C)NC(=O)/C=C/c2ccc(OC)cc2)c1. The minimum absolute atomic E-state index is 0.192. The van der Waals surface area contributed by atoms with E-state index in [2.05, 4.69) is 16.0 Å². The quantitative estimate of drug-likeness (QED) is 0.595. The van der Waals surface area contributed by atoms with Crippen molar-refractivity contribution in [3.63, 3.8) is 0 Å². The van der Waals surface area contributed by atoms with Crippen molar-refractivity contribution in [2.45, 2.75) is 19.5 Å². The highest BCUT2D eigenvalue weighted by Crippen LogP contribution is 2.12. The Morgan fingerprint density at radius 3 is 2.48 bits per heavy atom. The highest BCUT2D eigenvalue weighted by molar-refractivity contribution is 5.95. The fourth-order valence-corrected chi connectivity index (χ4v) is 2.52. The van der Waals surface area contributed by atoms with Crippen molar-refractivity contribution in [3.05, 3.63) is 71.3 Å². The lowest BCUT2D eigenvalue weighted by Gasteiger charge is -2.13. The van der Waals surface area contributed by atoms with Crippen molar-refractivity contribution in [3.8, 4) is 5.75 Å². The van der Waals surface area contributed by atoms with Gasteiger partial charge in [0.2, 0.25) is 11.8 Å². The Kier molecular flexibility index (Phi) is 7.97. The van der Waals surface area contributed by atoms with Crippen LogP contribution in [0.15, 0.2) is 54.6 Å². The molecule has 7 nitrogen and oxygen atoms in total. The van der Waals surface area contributed by atoms with Crippen molar-refractivity contribution in [1.29, 1.82) is 0 Å². The number of nitrogens with one attached hydrogen (secondary N) is 3. The van der Waals surface area contributed by atoms with Crippen molar-refractivity contribution >= 4 is 23.8 Å². The Balaban J connectivity index is 1.84. The third kappa shape index (κ3) is 6.80. The Hall–Kier alpha value is -3.61. The van der Waals surface area contributed by atoms with Gasteiger partial charge in [0.15, 0.2) is 0 Å². The molecule has 1 unspecified atom stereocenters. The van der Waals surface area contributed by atoms with Gasteiger partial charge in [-0.15, -0.1) is 0 Å². The number of hydrogen-bond donors (Lipinski definition) is 3. The second-order valence-corrected chi connectivity index (χ2v) is 6.33. The molecule has 3 N–H and O–H groups in total. The number of carbonyl (C=O) groups is 3. The maximum absolute atomic E-state index is 12.2. The molecule has 0 saturated heterocycles. The molecule has 2 rings (SSSR count). The van der Waals surface area contributed by atoms with Crippen molar-refractivity contribution in [2.75, 3.05) is 14.2 Å². The number of benzene rings is 2. The molecule has 0 aliphatic heterocycles. The fraction of sp³-hybridized carbons (Fsp3) is 0.227. The van der Waals surface area contributed by atoms with Gasteiger partial charge in [0.05, 0.1) is 7.11 Å². The third-order valence-electron chi connectivity index (χ3n) is 4.18. The van der Waals surface area contributed by atoms with E-state index in [-0.39, 0.29) is 24.3 Å². The van der Waals surface area contributed by atoms with Crippen LogP contribution in [0, 0.1) is 0 Å². The highest BCUT2D eigenvalue weighted by Gasteiger charge is 2.14. The summed E-state index contributed by atoms with van der Waals surface area (Å²) >= 11 is 0. The third-order valence-corrected chi connectivity index (χ3v) is 4.18. The van der Waals surface area contributed by atoms with Crippen LogP contribution in [-0.2, 0) is 16.1 Å². The van der Waals surface area contributed by atoms with E-state index in [9.17, 15) is 14.4 Å². The monoisotopic (exact) mass is 395 g/mol. The van der Waals surface area contributed by atoms with Crippen LogP contribution in [0.4, 0.5) is 0 Å². The summed E-state index contributed by atoms with van der Waals surface area (Å²) in [4.78, 5) is 35.9. The number of methoxy groups -OCH3 is 1. The average molecular weight is 395 g/mol. The summed E-state index contributed by atoms with van der Waals surface area (Å²) in [7, 11) is 3.15. The summed E-state index contributed by atoms with van der Waals surface area (Å²) in [6, 6.07) is 13.5. The zero-order valence-electron chi connectivity index (χ0n) is 16.7. The van der Waals surface area contributed by atoms with Crippen molar-refractivity contribution < 1.29 is 19.1 Å². The van der Waals surface area contributed by atoms with E-state index in [0.717, 1.165) is 16.9 Å². The molecule has 0 radical (unpaired) electrons. The van der Waals surface area contributed by atoms with E-state index in [0.29, 0.717) is 5.56 Å². The fourth-order valence-electron chi connectivity index (χ4n) is 2.52. The molecule has 0 spiro atoms. The van der Waals surface area contributed by atoms with E-state index >= 15 is 0 Å². The summed E-state index contributed by atoms with van der Waals surface area (Å²) in [6.07, 6.45) is 3.03. The van der Waals surface area contributed by atoms with E-state index < -0.39 is 6.04 Å². The van der Waals surface area contributed by atoms with Gasteiger partial charge in [0.25, 0.3) is 5.91 Å². The van der Waals surface area contributed by atoms with Gasteiger partial charge in [-0.1, -0.05) is 24.3 Å². The van der Waals surface area contributed by atoms with Crippen molar-refractivity contribution in [1.82, 2.24) is 16.0 Å². The molecule has 0 aromatic heterocycles. The Morgan fingerprint density at radius 2 is 1.83 bits per heavy atom. The predicted octanol–water partition coefficient (Wildman–Crippen LogP) is 1.89. The van der Waals surface area contributed by atoms with Crippen LogP contribution < -0.4 is 20.7 Å². The maximum Gasteiger partial charge on any atom is 0.251 e. The first-order chi connectivity index (χ1) is 13.9. The van der Waals surface area contributed by atoms with Crippen LogP contribution in [0.5, 0.6) is 5.75 Å². The molecule has 152 valence electrons. The lowest BCUT2D eigenvalue weighted by molar-refractivity contribution is -0.126. The van der Waals surface area contributed by atoms with E-state index in [1.807, 2.05) is 18.2 Å². The van der Waals surface area contributed by atoms with Gasteiger partial charge in [-0.3, -0.25) is 14.4 Å². The van der Waals surface area contributed by atoms with Crippen LogP contribution in [0.1, 0.15) is 28.4 Å². The number of rotatable bonds is 8. The number of carbonyl (C=O) groups excluding carboxylic acids is 3. The van der Waals surface area contributed by atoms with Crippen molar-refractivity contribution in [2.24, 2.45) is 0 Å². The molecule has 0 saturated carbocycles. The molecule has 2 aromatic rings. The van der Waals surface area contributed by atoms with E-state index in [1.54, 1.807) is 57.5 Å². The van der Waals surface area contributed by atoms with Crippen LogP contribution in [0.3, 0.4) is 0 Å². The lowest BCUT2D eigenvalue weighted by Crippen LogP contribution is -2.44. The molecule has 0 fully saturated rings.